The summed E-state index contributed by atoms with van der Waals surface area (Å²) in [7, 11) is 0. The highest BCUT2D eigenvalue weighted by molar-refractivity contribution is 8.12. The summed E-state index contributed by atoms with van der Waals surface area (Å²) in [6.07, 6.45) is 0. The second-order valence-corrected chi connectivity index (χ2v) is 3.22. The van der Waals surface area contributed by atoms with Crippen LogP contribution in [0.5, 0.6) is 0 Å². The Morgan fingerprint density at radius 1 is 1.62 bits per heavy atom. The molecule has 3 heteroatoms. The first-order valence-corrected chi connectivity index (χ1v) is 3.67. The van der Waals surface area contributed by atoms with Crippen LogP contribution in [0, 0.1) is 0 Å². The molecule has 0 radical (unpaired) electrons. The van der Waals surface area contributed by atoms with E-state index in [-0.39, 0.29) is 0 Å². The van der Waals surface area contributed by atoms with Crippen LogP contribution in [0.25, 0.3) is 0 Å². The third-order valence-corrected chi connectivity index (χ3v) is 2.38. The van der Waals surface area contributed by atoms with Crippen molar-refractivity contribution in [3.05, 3.63) is 0 Å². The van der Waals surface area contributed by atoms with Crippen molar-refractivity contribution in [1.82, 2.24) is 5.43 Å². The zero-order valence-electron chi connectivity index (χ0n) is 5.09. The molecule has 1 N–H and O–H groups in total. The van der Waals surface area contributed by atoms with Crippen molar-refractivity contribution in [2.24, 2.45) is 5.10 Å². The average Bonchev–Trinajstić information content (AvgIpc) is 1.77. The second kappa shape index (κ2) is 2.40. The maximum atomic E-state index is 3.90. The minimum Gasteiger partial charge on any atom is -0.306 e. The highest BCUT2D eigenvalue weighted by Gasteiger charge is 2.12. The third kappa shape index (κ3) is 1.15. The van der Waals surface area contributed by atoms with E-state index in [1.807, 2.05) is 5.55 Å². The Kier molecular flexibility index (Phi) is 1.78. The van der Waals surface area contributed by atoms with Gasteiger partial charge in [-0.05, 0) is 6.92 Å². The lowest BCUT2D eigenvalue weighted by Gasteiger charge is -2.20. The number of hydrogen-bond acceptors (Lipinski definition) is 3. The smallest absolute Gasteiger partial charge is 0.0800 e. The standard InChI is InChI=1S/C5H10N2S/c1-4-5(2)8-3-6-7-4/h3-5,7H,1-2H3/t4?,5-/m1/s1. The molecule has 1 unspecified atom stereocenters. The summed E-state index contributed by atoms with van der Waals surface area (Å²) in [5, 5.41) is 4.56. The monoisotopic (exact) mass is 130 g/mol. The summed E-state index contributed by atoms with van der Waals surface area (Å²) in [5.41, 5.74) is 4.83. The molecule has 0 saturated carbocycles. The first kappa shape index (κ1) is 5.95. The van der Waals surface area contributed by atoms with Crippen LogP contribution in [0.1, 0.15) is 13.8 Å². The maximum Gasteiger partial charge on any atom is 0.0800 e. The van der Waals surface area contributed by atoms with E-state index < -0.39 is 0 Å². The van der Waals surface area contributed by atoms with Crippen LogP contribution in [0.15, 0.2) is 5.10 Å². The number of nitrogens with one attached hydrogen (secondary N) is 1. The first-order valence-electron chi connectivity index (χ1n) is 2.73. The van der Waals surface area contributed by atoms with Crippen LogP contribution < -0.4 is 5.43 Å². The first-order chi connectivity index (χ1) is 3.80. The Hall–Kier alpha value is -0.180. The summed E-state index contributed by atoms with van der Waals surface area (Å²) in [4.78, 5) is 0. The van der Waals surface area contributed by atoms with Crippen molar-refractivity contribution < 1.29 is 0 Å². The number of thioether (sulfide) groups is 1. The van der Waals surface area contributed by atoms with Crippen LogP contribution in [-0.2, 0) is 0 Å². The third-order valence-electron chi connectivity index (χ3n) is 1.31. The van der Waals surface area contributed by atoms with Crippen molar-refractivity contribution in [2.45, 2.75) is 25.1 Å². The molecule has 0 saturated heterocycles. The SMILES string of the molecule is CC1NN=CS[C@@H]1C. The molecule has 0 aromatic heterocycles. The van der Waals surface area contributed by atoms with Crippen molar-refractivity contribution >= 4 is 17.3 Å². The fraction of sp³-hybridized carbons (Fsp3) is 0.800. The Morgan fingerprint density at radius 3 is 2.75 bits per heavy atom. The van der Waals surface area contributed by atoms with E-state index in [0.717, 1.165) is 0 Å². The summed E-state index contributed by atoms with van der Waals surface area (Å²) < 4.78 is 0. The number of hydrazone groups is 1. The van der Waals surface area contributed by atoms with Crippen molar-refractivity contribution in [1.29, 1.82) is 0 Å². The molecule has 1 heterocycles. The van der Waals surface area contributed by atoms with Crippen molar-refractivity contribution in [3.8, 4) is 0 Å². The van der Waals surface area contributed by atoms with Crippen LogP contribution in [0.3, 0.4) is 0 Å². The molecule has 1 aliphatic heterocycles. The molecule has 0 spiro atoms. The van der Waals surface area contributed by atoms with E-state index in [2.05, 4.69) is 24.4 Å². The van der Waals surface area contributed by atoms with E-state index in [9.17, 15) is 0 Å². The molecule has 2 atom stereocenters. The predicted octanol–water partition coefficient (Wildman–Crippen LogP) is 1.04. The quantitative estimate of drug-likeness (QED) is 0.530. The van der Waals surface area contributed by atoms with Gasteiger partial charge in [-0.2, -0.15) is 5.10 Å². The van der Waals surface area contributed by atoms with Crippen LogP contribution >= 0.6 is 11.8 Å². The van der Waals surface area contributed by atoms with Gasteiger partial charge in [0.05, 0.1) is 11.6 Å². The molecular weight excluding hydrogens is 120 g/mol. The highest BCUT2D eigenvalue weighted by Crippen LogP contribution is 2.13. The number of rotatable bonds is 0. The summed E-state index contributed by atoms with van der Waals surface area (Å²) in [6.45, 7) is 4.32. The van der Waals surface area contributed by atoms with E-state index in [1.165, 1.54) is 0 Å². The Labute approximate surface area is 53.7 Å². The van der Waals surface area contributed by atoms with Gasteiger partial charge in [-0.25, -0.2) is 0 Å². The van der Waals surface area contributed by atoms with Crippen LogP contribution in [0.2, 0.25) is 0 Å². The van der Waals surface area contributed by atoms with Gasteiger partial charge in [0.15, 0.2) is 0 Å². The van der Waals surface area contributed by atoms with Gasteiger partial charge in [0.25, 0.3) is 0 Å². The normalized spacial score (nSPS) is 36.8. The molecule has 2 nitrogen and oxygen atoms in total. The highest BCUT2D eigenvalue weighted by atomic mass is 32.2. The molecule has 46 valence electrons. The molecule has 1 rings (SSSR count). The lowest BCUT2D eigenvalue weighted by atomic mass is 10.3. The molecule has 0 bridgehead atoms. The zero-order chi connectivity index (χ0) is 5.98. The van der Waals surface area contributed by atoms with Gasteiger partial charge in [0, 0.05) is 5.25 Å². The molecule has 0 aromatic carbocycles. The van der Waals surface area contributed by atoms with E-state index in [1.54, 1.807) is 11.8 Å². The van der Waals surface area contributed by atoms with Crippen molar-refractivity contribution in [3.63, 3.8) is 0 Å². The van der Waals surface area contributed by atoms with E-state index >= 15 is 0 Å². The lowest BCUT2D eigenvalue weighted by Crippen LogP contribution is -2.32. The Balaban J connectivity index is 2.44. The zero-order valence-corrected chi connectivity index (χ0v) is 5.90. The fourth-order valence-corrected chi connectivity index (χ4v) is 1.11. The van der Waals surface area contributed by atoms with Gasteiger partial charge in [-0.1, -0.05) is 6.92 Å². The molecule has 8 heavy (non-hydrogen) atoms. The lowest BCUT2D eigenvalue weighted by molar-refractivity contribution is 0.566. The molecular formula is C5H10N2S. The predicted molar refractivity (Wildman–Crippen MR) is 38.1 cm³/mol. The molecule has 0 amide bonds. The second-order valence-electron chi connectivity index (χ2n) is 1.99. The van der Waals surface area contributed by atoms with E-state index in [4.69, 9.17) is 0 Å². The van der Waals surface area contributed by atoms with Crippen LogP contribution in [0.4, 0.5) is 0 Å². The Morgan fingerprint density at radius 2 is 2.38 bits per heavy atom. The van der Waals surface area contributed by atoms with Crippen LogP contribution in [-0.4, -0.2) is 16.8 Å². The topological polar surface area (TPSA) is 24.4 Å². The van der Waals surface area contributed by atoms with Crippen molar-refractivity contribution in [2.75, 3.05) is 0 Å². The minimum atomic E-state index is 0.519. The van der Waals surface area contributed by atoms with E-state index in [0.29, 0.717) is 11.3 Å². The number of nitrogens with zero attached hydrogens (tertiary/aromatic N) is 1. The minimum absolute atomic E-state index is 0.519. The number of hydrogen-bond donors (Lipinski definition) is 1. The average molecular weight is 130 g/mol. The molecule has 0 aromatic rings. The summed E-state index contributed by atoms with van der Waals surface area (Å²) >= 11 is 1.77. The van der Waals surface area contributed by atoms with Gasteiger partial charge in [-0.15, -0.1) is 11.8 Å². The summed E-state index contributed by atoms with van der Waals surface area (Å²) in [6, 6.07) is 0.519. The molecule has 0 fully saturated rings. The summed E-state index contributed by atoms with van der Waals surface area (Å²) in [5.74, 6) is 0. The Bertz CT molecular complexity index is 90.6. The fourth-order valence-electron chi connectivity index (χ4n) is 0.497. The van der Waals surface area contributed by atoms with Gasteiger partial charge in [0.1, 0.15) is 0 Å². The van der Waals surface area contributed by atoms with Gasteiger partial charge in [0.2, 0.25) is 0 Å². The maximum absolute atomic E-state index is 3.90. The van der Waals surface area contributed by atoms with Gasteiger partial charge < -0.3 is 5.43 Å². The molecule has 0 aliphatic carbocycles. The van der Waals surface area contributed by atoms with Gasteiger partial charge in [-0.3, -0.25) is 0 Å². The molecule has 1 aliphatic rings. The van der Waals surface area contributed by atoms with Gasteiger partial charge >= 0.3 is 0 Å². The largest absolute Gasteiger partial charge is 0.306 e.